The first-order valence-electron chi connectivity index (χ1n) is 6.09. The summed E-state index contributed by atoms with van der Waals surface area (Å²) in [6.45, 7) is 0. The Labute approximate surface area is 98.4 Å². The minimum Gasteiger partial charge on any atom is -0.303 e. The molecule has 2 nitrogen and oxygen atoms in total. The molecule has 0 atom stereocenters. The van der Waals surface area contributed by atoms with Crippen LogP contribution in [0, 0.1) is 0 Å². The quantitative estimate of drug-likeness (QED) is 0.304. The first-order valence-corrected chi connectivity index (χ1v) is 6.09. The predicted molar refractivity (Wildman–Crippen MR) is 67.3 cm³/mol. The molecule has 0 aromatic rings. The van der Waals surface area contributed by atoms with E-state index < -0.39 is 0 Å². The van der Waals surface area contributed by atoms with E-state index in [2.05, 4.69) is 24.3 Å². The van der Waals surface area contributed by atoms with Crippen molar-refractivity contribution in [2.75, 3.05) is 0 Å². The Hall–Kier alpha value is -1.18. The molecule has 0 N–H and O–H groups in total. The van der Waals surface area contributed by atoms with Crippen LogP contribution in [0.2, 0.25) is 0 Å². The largest absolute Gasteiger partial charge is 0.303 e. The van der Waals surface area contributed by atoms with Crippen LogP contribution in [0.25, 0.3) is 0 Å². The standard InChI is InChI=1S/C14H22O2/c15-13-11-9-7-5-3-1-2-4-6-8-10-12-14-16/h3-6,13-14H,1-2,7-12H2/b5-3-,6-4-. The molecule has 0 amide bonds. The second kappa shape index (κ2) is 13.8. The lowest BCUT2D eigenvalue weighted by atomic mass is 10.2. The van der Waals surface area contributed by atoms with Crippen LogP contribution in [-0.2, 0) is 9.59 Å². The van der Waals surface area contributed by atoms with Crippen LogP contribution in [0.15, 0.2) is 24.3 Å². The summed E-state index contributed by atoms with van der Waals surface area (Å²) in [5, 5.41) is 0. The Kier molecular flexibility index (Phi) is 12.8. The number of carbonyl (C=O) groups excluding carboxylic acids is 2. The van der Waals surface area contributed by atoms with Gasteiger partial charge in [-0.1, -0.05) is 24.3 Å². The van der Waals surface area contributed by atoms with E-state index in [1.807, 2.05) is 0 Å². The van der Waals surface area contributed by atoms with Gasteiger partial charge >= 0.3 is 0 Å². The Morgan fingerprint density at radius 1 is 0.500 bits per heavy atom. The van der Waals surface area contributed by atoms with Gasteiger partial charge in [0.15, 0.2) is 0 Å². The number of allylic oxidation sites excluding steroid dienone is 4. The number of hydrogen-bond acceptors (Lipinski definition) is 2. The lowest BCUT2D eigenvalue weighted by Crippen LogP contribution is -1.75. The average Bonchev–Trinajstić information content (AvgIpc) is 2.31. The maximum atomic E-state index is 10.0. The summed E-state index contributed by atoms with van der Waals surface area (Å²) < 4.78 is 0. The molecule has 0 bridgehead atoms. The zero-order chi connectivity index (χ0) is 11.9. The molecule has 0 radical (unpaired) electrons. The molecule has 0 aliphatic heterocycles. The van der Waals surface area contributed by atoms with Crippen molar-refractivity contribution in [1.82, 2.24) is 0 Å². The molecule has 0 heterocycles. The van der Waals surface area contributed by atoms with E-state index in [1.54, 1.807) is 0 Å². The number of rotatable bonds is 11. The monoisotopic (exact) mass is 222 g/mol. The summed E-state index contributed by atoms with van der Waals surface area (Å²) in [4.78, 5) is 20.1. The lowest BCUT2D eigenvalue weighted by molar-refractivity contribution is -0.108. The molecule has 0 rings (SSSR count). The van der Waals surface area contributed by atoms with E-state index in [0.717, 1.165) is 51.1 Å². The van der Waals surface area contributed by atoms with Crippen molar-refractivity contribution in [1.29, 1.82) is 0 Å². The van der Waals surface area contributed by atoms with Crippen molar-refractivity contribution >= 4 is 12.6 Å². The minimum absolute atomic E-state index is 0.668. The summed E-state index contributed by atoms with van der Waals surface area (Å²) in [6, 6.07) is 0. The molecule has 0 aliphatic carbocycles. The van der Waals surface area contributed by atoms with Gasteiger partial charge in [-0.15, -0.1) is 0 Å². The molecule has 0 aromatic carbocycles. The molecule has 0 saturated heterocycles. The van der Waals surface area contributed by atoms with E-state index in [-0.39, 0.29) is 0 Å². The summed E-state index contributed by atoms with van der Waals surface area (Å²) in [6.07, 6.45) is 17.9. The third-order valence-electron chi connectivity index (χ3n) is 2.22. The minimum atomic E-state index is 0.668. The third-order valence-corrected chi connectivity index (χ3v) is 2.22. The van der Waals surface area contributed by atoms with Crippen LogP contribution in [0.5, 0.6) is 0 Å². The van der Waals surface area contributed by atoms with E-state index >= 15 is 0 Å². The highest BCUT2D eigenvalue weighted by Gasteiger charge is 1.83. The van der Waals surface area contributed by atoms with Crippen LogP contribution in [-0.4, -0.2) is 12.6 Å². The molecule has 0 spiro atoms. The van der Waals surface area contributed by atoms with Crippen LogP contribution < -0.4 is 0 Å². The molecule has 0 fully saturated rings. The highest BCUT2D eigenvalue weighted by molar-refractivity contribution is 5.49. The molecule has 0 unspecified atom stereocenters. The average molecular weight is 222 g/mol. The molecule has 90 valence electrons. The van der Waals surface area contributed by atoms with E-state index in [0.29, 0.717) is 12.8 Å². The number of carbonyl (C=O) groups is 2. The second-order valence-electron chi connectivity index (χ2n) is 3.72. The molecular formula is C14H22O2. The van der Waals surface area contributed by atoms with Gasteiger partial charge in [-0.05, 0) is 38.5 Å². The van der Waals surface area contributed by atoms with Crippen molar-refractivity contribution in [2.45, 2.75) is 51.4 Å². The maximum absolute atomic E-state index is 10.0. The molecular weight excluding hydrogens is 200 g/mol. The number of unbranched alkanes of at least 4 members (excludes halogenated alkanes) is 5. The third kappa shape index (κ3) is 12.8. The van der Waals surface area contributed by atoms with Crippen molar-refractivity contribution in [3.05, 3.63) is 24.3 Å². The predicted octanol–water partition coefficient (Wildman–Crippen LogP) is 3.62. The highest BCUT2D eigenvalue weighted by Crippen LogP contribution is 2.00. The van der Waals surface area contributed by atoms with Crippen molar-refractivity contribution in [2.24, 2.45) is 0 Å². The Morgan fingerprint density at radius 2 is 0.875 bits per heavy atom. The fourth-order valence-corrected chi connectivity index (χ4v) is 1.30. The smallest absolute Gasteiger partial charge is 0.120 e. The number of hydrogen-bond donors (Lipinski definition) is 0. The zero-order valence-corrected chi connectivity index (χ0v) is 9.94. The van der Waals surface area contributed by atoms with Gasteiger partial charge in [0.25, 0.3) is 0 Å². The van der Waals surface area contributed by atoms with Crippen LogP contribution >= 0.6 is 0 Å². The van der Waals surface area contributed by atoms with Gasteiger partial charge in [0.2, 0.25) is 0 Å². The second-order valence-corrected chi connectivity index (χ2v) is 3.72. The summed E-state index contributed by atoms with van der Waals surface area (Å²) in [7, 11) is 0. The first-order chi connectivity index (χ1) is 7.91. The SMILES string of the molecule is O=CCCC/C=C\CC/C=C\CCCC=O. The normalized spacial score (nSPS) is 11.2. The van der Waals surface area contributed by atoms with Crippen LogP contribution in [0.3, 0.4) is 0 Å². The summed E-state index contributed by atoms with van der Waals surface area (Å²) >= 11 is 0. The molecule has 2 heteroatoms. The molecule has 0 saturated carbocycles. The van der Waals surface area contributed by atoms with Crippen molar-refractivity contribution < 1.29 is 9.59 Å². The highest BCUT2D eigenvalue weighted by atomic mass is 16.1. The summed E-state index contributed by atoms with van der Waals surface area (Å²) in [5.41, 5.74) is 0. The maximum Gasteiger partial charge on any atom is 0.120 e. The molecule has 0 aliphatic rings. The van der Waals surface area contributed by atoms with Crippen LogP contribution in [0.1, 0.15) is 51.4 Å². The van der Waals surface area contributed by atoms with Gasteiger partial charge in [0.1, 0.15) is 12.6 Å². The van der Waals surface area contributed by atoms with E-state index in [4.69, 9.17) is 0 Å². The Balaban J connectivity index is 3.18. The van der Waals surface area contributed by atoms with Crippen LogP contribution in [0.4, 0.5) is 0 Å². The Bertz CT molecular complexity index is 193. The van der Waals surface area contributed by atoms with Gasteiger partial charge in [-0.25, -0.2) is 0 Å². The lowest BCUT2D eigenvalue weighted by Gasteiger charge is -1.90. The molecule has 0 aromatic heterocycles. The zero-order valence-electron chi connectivity index (χ0n) is 9.94. The Morgan fingerprint density at radius 3 is 1.25 bits per heavy atom. The van der Waals surface area contributed by atoms with Gasteiger partial charge in [-0.3, -0.25) is 0 Å². The topological polar surface area (TPSA) is 34.1 Å². The fourth-order valence-electron chi connectivity index (χ4n) is 1.30. The first kappa shape index (κ1) is 14.8. The van der Waals surface area contributed by atoms with Crippen molar-refractivity contribution in [3.8, 4) is 0 Å². The van der Waals surface area contributed by atoms with E-state index in [1.165, 1.54) is 0 Å². The van der Waals surface area contributed by atoms with Crippen molar-refractivity contribution in [3.63, 3.8) is 0 Å². The van der Waals surface area contributed by atoms with Gasteiger partial charge in [-0.2, -0.15) is 0 Å². The van der Waals surface area contributed by atoms with Gasteiger partial charge < -0.3 is 9.59 Å². The van der Waals surface area contributed by atoms with E-state index in [9.17, 15) is 9.59 Å². The molecule has 16 heavy (non-hydrogen) atoms. The fraction of sp³-hybridized carbons (Fsp3) is 0.571. The van der Waals surface area contributed by atoms with Gasteiger partial charge in [0.05, 0.1) is 0 Å². The van der Waals surface area contributed by atoms with Gasteiger partial charge in [0, 0.05) is 12.8 Å². The summed E-state index contributed by atoms with van der Waals surface area (Å²) in [5.74, 6) is 0. The number of aldehydes is 2.